The minimum atomic E-state index is -0.770. The van der Waals surface area contributed by atoms with Crippen LogP contribution in [0.25, 0.3) is 16.2 Å². The van der Waals surface area contributed by atoms with Gasteiger partial charge < -0.3 is 10.1 Å². The highest BCUT2D eigenvalue weighted by molar-refractivity contribution is 7.15. The van der Waals surface area contributed by atoms with Crippen molar-refractivity contribution in [2.24, 2.45) is 0 Å². The van der Waals surface area contributed by atoms with E-state index in [9.17, 15) is 9.18 Å². The first-order chi connectivity index (χ1) is 13.1. The molecule has 0 fully saturated rings. The summed E-state index contributed by atoms with van der Waals surface area (Å²) in [5.74, 6) is -0.417. The molecule has 2 aromatic heterocycles. The molecular formula is C20H16FN3O2S. The summed E-state index contributed by atoms with van der Waals surface area (Å²) in [5, 5.41) is 4.80. The van der Waals surface area contributed by atoms with Gasteiger partial charge in [0.2, 0.25) is 0 Å². The largest absolute Gasteiger partial charge is 0.481 e. The molecule has 1 N–H and O–H groups in total. The van der Waals surface area contributed by atoms with Crippen LogP contribution in [0.1, 0.15) is 6.92 Å². The van der Waals surface area contributed by atoms with E-state index in [2.05, 4.69) is 10.3 Å². The van der Waals surface area contributed by atoms with E-state index in [0.717, 1.165) is 16.2 Å². The van der Waals surface area contributed by atoms with Gasteiger partial charge in [-0.25, -0.2) is 9.37 Å². The van der Waals surface area contributed by atoms with E-state index in [4.69, 9.17) is 4.74 Å². The number of benzene rings is 2. The monoisotopic (exact) mass is 381 g/mol. The smallest absolute Gasteiger partial charge is 0.265 e. The second kappa shape index (κ2) is 7.20. The van der Waals surface area contributed by atoms with Gasteiger partial charge in [0.05, 0.1) is 5.69 Å². The Balaban J connectivity index is 1.47. The number of hydrogen-bond donors (Lipinski definition) is 1. The molecule has 0 spiro atoms. The summed E-state index contributed by atoms with van der Waals surface area (Å²) in [7, 11) is 0. The van der Waals surface area contributed by atoms with Gasteiger partial charge >= 0.3 is 0 Å². The lowest BCUT2D eigenvalue weighted by Crippen LogP contribution is -2.30. The first-order valence-electron chi connectivity index (χ1n) is 8.34. The predicted octanol–water partition coefficient (Wildman–Crippen LogP) is 4.61. The second-order valence-electron chi connectivity index (χ2n) is 6.01. The summed E-state index contributed by atoms with van der Waals surface area (Å²) in [5.41, 5.74) is 2.38. The minimum Gasteiger partial charge on any atom is -0.481 e. The zero-order valence-corrected chi connectivity index (χ0v) is 15.2. The van der Waals surface area contributed by atoms with E-state index in [1.807, 2.05) is 40.4 Å². The van der Waals surface area contributed by atoms with Gasteiger partial charge in [-0.05, 0) is 31.2 Å². The van der Waals surface area contributed by atoms with E-state index < -0.39 is 11.9 Å². The van der Waals surface area contributed by atoms with Crippen molar-refractivity contribution in [3.05, 3.63) is 72.1 Å². The average Bonchev–Trinajstić information content (AvgIpc) is 3.24. The van der Waals surface area contributed by atoms with Crippen LogP contribution in [0, 0.1) is 5.82 Å². The Hall–Kier alpha value is -3.19. The van der Waals surface area contributed by atoms with Crippen LogP contribution in [0.4, 0.5) is 10.1 Å². The Bertz CT molecular complexity index is 1080. The molecule has 136 valence electrons. The number of anilines is 1. The number of hydrogen-bond acceptors (Lipinski definition) is 4. The molecule has 0 bridgehead atoms. The molecule has 4 aromatic rings. The number of fused-ring (bicyclic) bond motifs is 1. The lowest BCUT2D eigenvalue weighted by Gasteiger charge is -2.15. The lowest BCUT2D eigenvalue weighted by atomic mass is 10.1. The first-order valence-corrected chi connectivity index (χ1v) is 9.22. The van der Waals surface area contributed by atoms with Crippen LogP contribution in [-0.2, 0) is 4.79 Å². The van der Waals surface area contributed by atoms with Crippen LogP contribution in [0.15, 0.2) is 66.3 Å². The van der Waals surface area contributed by atoms with Crippen molar-refractivity contribution in [3.63, 3.8) is 0 Å². The van der Waals surface area contributed by atoms with Crippen LogP contribution in [0.3, 0.4) is 0 Å². The Morgan fingerprint density at radius 1 is 1.26 bits per heavy atom. The number of carbonyl (C=O) groups is 1. The fraction of sp³-hybridized carbons (Fsp3) is 0.100. The molecule has 2 aromatic carbocycles. The molecule has 5 nitrogen and oxygen atoms in total. The number of ether oxygens (including phenoxy) is 1. The number of rotatable bonds is 5. The Morgan fingerprint density at radius 2 is 2.11 bits per heavy atom. The summed E-state index contributed by atoms with van der Waals surface area (Å²) in [6, 6.07) is 13.2. The topological polar surface area (TPSA) is 55.6 Å². The predicted molar refractivity (Wildman–Crippen MR) is 104 cm³/mol. The van der Waals surface area contributed by atoms with Gasteiger partial charge in [0.15, 0.2) is 11.1 Å². The van der Waals surface area contributed by atoms with E-state index in [1.54, 1.807) is 30.4 Å². The Morgan fingerprint density at radius 3 is 2.93 bits per heavy atom. The van der Waals surface area contributed by atoms with Crippen LogP contribution in [0.5, 0.6) is 5.75 Å². The van der Waals surface area contributed by atoms with Crippen LogP contribution in [-0.4, -0.2) is 21.4 Å². The average molecular weight is 381 g/mol. The minimum absolute atomic E-state index is 0.310. The van der Waals surface area contributed by atoms with Gasteiger partial charge in [0, 0.05) is 35.1 Å². The van der Waals surface area contributed by atoms with Crippen molar-refractivity contribution in [2.75, 3.05) is 5.32 Å². The number of amides is 1. The number of nitrogens with one attached hydrogen (secondary N) is 1. The number of aromatic nitrogens is 2. The SMILES string of the molecule is CC(Oc1cccc(F)c1)C(=O)Nc1cccc(-c2cn3ccsc3n2)c1. The van der Waals surface area contributed by atoms with Crippen LogP contribution >= 0.6 is 11.3 Å². The van der Waals surface area contributed by atoms with Gasteiger partial charge in [-0.15, -0.1) is 11.3 Å². The second-order valence-corrected chi connectivity index (χ2v) is 6.88. The Kier molecular flexibility index (Phi) is 4.60. The zero-order chi connectivity index (χ0) is 18.8. The summed E-state index contributed by atoms with van der Waals surface area (Å²) in [6.45, 7) is 1.62. The number of carbonyl (C=O) groups excluding carboxylic acids is 1. The van der Waals surface area contributed by atoms with E-state index in [1.165, 1.54) is 18.2 Å². The third kappa shape index (κ3) is 3.83. The lowest BCUT2D eigenvalue weighted by molar-refractivity contribution is -0.122. The van der Waals surface area contributed by atoms with Crippen molar-refractivity contribution in [3.8, 4) is 17.0 Å². The first kappa shape index (κ1) is 17.2. The summed E-state index contributed by atoms with van der Waals surface area (Å²) < 4.78 is 20.7. The van der Waals surface area contributed by atoms with Gasteiger partial charge in [-0.3, -0.25) is 9.20 Å². The maximum absolute atomic E-state index is 13.2. The maximum Gasteiger partial charge on any atom is 0.265 e. The highest BCUT2D eigenvalue weighted by Gasteiger charge is 2.16. The quantitative estimate of drug-likeness (QED) is 0.549. The zero-order valence-electron chi connectivity index (χ0n) is 14.4. The standard InChI is InChI=1S/C20H16FN3O2S/c1-13(26-17-7-3-5-15(21)11-17)19(25)22-16-6-2-4-14(10-16)18-12-24-8-9-27-20(24)23-18/h2-13H,1H3,(H,22,25). The van der Waals surface area contributed by atoms with Gasteiger partial charge in [-0.1, -0.05) is 18.2 Å². The number of thiazole rings is 1. The molecule has 0 saturated heterocycles. The molecule has 1 atom stereocenters. The summed E-state index contributed by atoms with van der Waals surface area (Å²) >= 11 is 1.56. The van der Waals surface area contributed by atoms with Gasteiger partial charge in [-0.2, -0.15) is 0 Å². The molecule has 1 unspecified atom stereocenters. The van der Waals surface area contributed by atoms with E-state index >= 15 is 0 Å². The van der Waals surface area contributed by atoms with Crippen molar-refractivity contribution in [1.82, 2.24) is 9.38 Å². The van der Waals surface area contributed by atoms with E-state index in [0.29, 0.717) is 11.4 Å². The normalized spacial score (nSPS) is 12.1. The van der Waals surface area contributed by atoms with Crippen molar-refractivity contribution in [1.29, 1.82) is 0 Å². The van der Waals surface area contributed by atoms with Gasteiger partial charge in [0.25, 0.3) is 5.91 Å². The fourth-order valence-electron chi connectivity index (χ4n) is 2.66. The fourth-order valence-corrected chi connectivity index (χ4v) is 3.36. The molecular weight excluding hydrogens is 365 g/mol. The molecule has 4 rings (SSSR count). The Labute approximate surface area is 159 Å². The molecule has 27 heavy (non-hydrogen) atoms. The third-order valence-corrected chi connectivity index (χ3v) is 4.77. The molecule has 2 heterocycles. The van der Waals surface area contributed by atoms with E-state index in [-0.39, 0.29) is 5.91 Å². The molecule has 0 aliphatic rings. The molecule has 1 amide bonds. The van der Waals surface area contributed by atoms with Gasteiger partial charge in [0.1, 0.15) is 11.6 Å². The number of imidazole rings is 1. The molecule has 0 radical (unpaired) electrons. The molecule has 0 saturated carbocycles. The molecule has 0 aliphatic heterocycles. The number of nitrogens with zero attached hydrogens (tertiary/aromatic N) is 2. The highest BCUT2D eigenvalue weighted by Crippen LogP contribution is 2.24. The highest BCUT2D eigenvalue weighted by atomic mass is 32.1. The van der Waals surface area contributed by atoms with Crippen molar-refractivity contribution < 1.29 is 13.9 Å². The molecule has 0 aliphatic carbocycles. The maximum atomic E-state index is 13.2. The molecule has 7 heteroatoms. The summed E-state index contributed by atoms with van der Waals surface area (Å²) in [4.78, 5) is 17.9. The summed E-state index contributed by atoms with van der Waals surface area (Å²) in [6.07, 6.45) is 3.13. The third-order valence-electron chi connectivity index (χ3n) is 4.00. The van der Waals surface area contributed by atoms with Crippen LogP contribution in [0.2, 0.25) is 0 Å². The van der Waals surface area contributed by atoms with Crippen molar-refractivity contribution >= 4 is 27.9 Å². The van der Waals surface area contributed by atoms with Crippen molar-refractivity contribution in [2.45, 2.75) is 13.0 Å². The van der Waals surface area contributed by atoms with Crippen LogP contribution < -0.4 is 10.1 Å². The number of halogens is 1.